The number of rotatable bonds is 9. The van der Waals surface area contributed by atoms with Crippen molar-refractivity contribution in [2.45, 2.75) is 26.7 Å². The number of aliphatic hydroxyl groups is 1. The van der Waals surface area contributed by atoms with Crippen molar-refractivity contribution in [3.8, 4) is 0 Å². The number of nitro groups is 1. The maximum Gasteiger partial charge on any atom is 0.353 e. The van der Waals surface area contributed by atoms with E-state index in [0.29, 0.717) is 25.5 Å². The number of hydrogen-bond acceptors (Lipinski definition) is 7. The molecule has 8 nitrogen and oxygen atoms in total. The molecular formula is C13H23N5O3. The van der Waals surface area contributed by atoms with Crippen LogP contribution >= 0.6 is 0 Å². The standard InChI is InChI=1S/C13H23N5O3/c1-4-6-7-16(3)12-11(18(20)21)13(15-10-14-12)17(5-2)8-9-19/h10,19H,4-9H2,1-3H3. The molecule has 1 rings (SSSR count). The Morgan fingerprint density at radius 1 is 1.29 bits per heavy atom. The summed E-state index contributed by atoms with van der Waals surface area (Å²) in [6, 6.07) is 0. The average Bonchev–Trinajstić information content (AvgIpc) is 2.49. The number of hydrogen-bond donors (Lipinski definition) is 1. The highest BCUT2D eigenvalue weighted by atomic mass is 16.6. The minimum Gasteiger partial charge on any atom is -0.395 e. The minimum atomic E-state index is -0.451. The van der Waals surface area contributed by atoms with E-state index in [1.54, 1.807) is 16.8 Å². The van der Waals surface area contributed by atoms with Crippen LogP contribution in [0, 0.1) is 10.1 Å². The maximum atomic E-state index is 11.5. The predicted molar refractivity (Wildman–Crippen MR) is 81.8 cm³/mol. The van der Waals surface area contributed by atoms with Crippen LogP contribution in [0.15, 0.2) is 6.33 Å². The average molecular weight is 297 g/mol. The molecule has 1 N–H and O–H groups in total. The van der Waals surface area contributed by atoms with Crippen LogP contribution in [0.4, 0.5) is 17.3 Å². The first-order valence-corrected chi connectivity index (χ1v) is 7.13. The molecule has 118 valence electrons. The number of anilines is 2. The first-order valence-electron chi connectivity index (χ1n) is 7.13. The van der Waals surface area contributed by atoms with Gasteiger partial charge in [-0.3, -0.25) is 10.1 Å². The van der Waals surface area contributed by atoms with E-state index in [1.807, 2.05) is 6.92 Å². The van der Waals surface area contributed by atoms with Gasteiger partial charge in [-0.1, -0.05) is 13.3 Å². The van der Waals surface area contributed by atoms with Crippen LogP contribution in [0.5, 0.6) is 0 Å². The highest BCUT2D eigenvalue weighted by Crippen LogP contribution is 2.33. The normalized spacial score (nSPS) is 10.5. The maximum absolute atomic E-state index is 11.5. The number of aliphatic hydroxyl groups excluding tert-OH is 1. The van der Waals surface area contributed by atoms with Gasteiger partial charge in [0, 0.05) is 26.7 Å². The van der Waals surface area contributed by atoms with Gasteiger partial charge in [-0.05, 0) is 13.3 Å². The molecule has 8 heteroatoms. The highest BCUT2D eigenvalue weighted by molar-refractivity contribution is 5.71. The van der Waals surface area contributed by atoms with Gasteiger partial charge in [-0.15, -0.1) is 0 Å². The molecule has 0 bridgehead atoms. The lowest BCUT2D eigenvalue weighted by atomic mass is 10.3. The lowest BCUT2D eigenvalue weighted by Gasteiger charge is -2.23. The number of aromatic nitrogens is 2. The lowest BCUT2D eigenvalue weighted by molar-refractivity contribution is -0.383. The first kappa shape index (κ1) is 17.1. The predicted octanol–water partition coefficient (Wildman–Crippen LogP) is 1.44. The number of unbranched alkanes of at least 4 members (excludes halogenated alkanes) is 1. The highest BCUT2D eigenvalue weighted by Gasteiger charge is 2.28. The number of likely N-dealkylation sites (N-methyl/N-ethyl adjacent to an activating group) is 1. The van der Waals surface area contributed by atoms with Gasteiger partial charge >= 0.3 is 5.69 Å². The molecule has 0 radical (unpaired) electrons. The van der Waals surface area contributed by atoms with Gasteiger partial charge < -0.3 is 14.9 Å². The second-order valence-corrected chi connectivity index (χ2v) is 4.70. The van der Waals surface area contributed by atoms with Gasteiger partial charge in [-0.2, -0.15) is 0 Å². The van der Waals surface area contributed by atoms with Crippen molar-refractivity contribution in [2.24, 2.45) is 0 Å². The molecule has 0 fully saturated rings. The summed E-state index contributed by atoms with van der Waals surface area (Å²) in [5, 5.41) is 20.5. The van der Waals surface area contributed by atoms with Crippen LogP contribution in [0.3, 0.4) is 0 Å². The monoisotopic (exact) mass is 297 g/mol. The summed E-state index contributed by atoms with van der Waals surface area (Å²) in [5.74, 6) is 0.569. The van der Waals surface area contributed by atoms with Crippen molar-refractivity contribution < 1.29 is 10.0 Å². The molecule has 0 atom stereocenters. The fourth-order valence-corrected chi connectivity index (χ4v) is 2.07. The Kier molecular flexibility index (Phi) is 6.80. The van der Waals surface area contributed by atoms with Gasteiger partial charge in [0.15, 0.2) is 0 Å². The topological polar surface area (TPSA) is 95.6 Å². The second kappa shape index (κ2) is 8.35. The Morgan fingerprint density at radius 2 is 1.95 bits per heavy atom. The van der Waals surface area contributed by atoms with E-state index in [4.69, 9.17) is 5.11 Å². The van der Waals surface area contributed by atoms with E-state index in [0.717, 1.165) is 12.8 Å². The van der Waals surface area contributed by atoms with Gasteiger partial charge in [0.2, 0.25) is 11.6 Å². The Balaban J connectivity index is 3.23. The van der Waals surface area contributed by atoms with Crippen LogP contribution in [0.25, 0.3) is 0 Å². The quantitative estimate of drug-likeness (QED) is 0.544. The van der Waals surface area contributed by atoms with Crippen LogP contribution in [0.1, 0.15) is 26.7 Å². The van der Waals surface area contributed by atoms with Crippen LogP contribution in [-0.4, -0.2) is 53.3 Å². The van der Waals surface area contributed by atoms with Crippen LogP contribution in [0.2, 0.25) is 0 Å². The molecule has 0 unspecified atom stereocenters. The van der Waals surface area contributed by atoms with Crippen LogP contribution in [-0.2, 0) is 0 Å². The summed E-state index contributed by atoms with van der Waals surface area (Å²) >= 11 is 0. The van der Waals surface area contributed by atoms with Crippen molar-refractivity contribution in [3.05, 3.63) is 16.4 Å². The van der Waals surface area contributed by atoms with Gasteiger partial charge in [0.25, 0.3) is 0 Å². The Hall–Kier alpha value is -1.96. The molecule has 0 spiro atoms. The van der Waals surface area contributed by atoms with E-state index in [2.05, 4.69) is 16.9 Å². The van der Waals surface area contributed by atoms with Gasteiger partial charge in [-0.25, -0.2) is 9.97 Å². The second-order valence-electron chi connectivity index (χ2n) is 4.70. The Labute approximate surface area is 124 Å². The fourth-order valence-electron chi connectivity index (χ4n) is 2.07. The fraction of sp³-hybridized carbons (Fsp3) is 0.692. The zero-order chi connectivity index (χ0) is 15.8. The zero-order valence-corrected chi connectivity index (χ0v) is 12.8. The molecule has 0 aliphatic carbocycles. The van der Waals surface area contributed by atoms with Crippen molar-refractivity contribution in [2.75, 3.05) is 43.1 Å². The van der Waals surface area contributed by atoms with E-state index in [-0.39, 0.29) is 18.1 Å². The number of nitrogens with zero attached hydrogens (tertiary/aromatic N) is 5. The van der Waals surface area contributed by atoms with Crippen molar-refractivity contribution in [3.63, 3.8) is 0 Å². The molecule has 0 aliphatic rings. The van der Waals surface area contributed by atoms with Crippen molar-refractivity contribution >= 4 is 17.3 Å². The summed E-state index contributed by atoms with van der Waals surface area (Å²) in [5.41, 5.74) is -0.105. The van der Waals surface area contributed by atoms with Crippen molar-refractivity contribution in [1.29, 1.82) is 0 Å². The largest absolute Gasteiger partial charge is 0.395 e. The third-order valence-corrected chi connectivity index (χ3v) is 3.23. The molecule has 0 aliphatic heterocycles. The van der Waals surface area contributed by atoms with E-state index in [1.165, 1.54) is 6.33 Å². The molecule has 21 heavy (non-hydrogen) atoms. The summed E-state index contributed by atoms with van der Waals surface area (Å²) in [7, 11) is 1.79. The summed E-state index contributed by atoms with van der Waals surface area (Å²) in [6.07, 6.45) is 3.27. The van der Waals surface area contributed by atoms with E-state index < -0.39 is 4.92 Å². The summed E-state index contributed by atoms with van der Waals surface area (Å²) in [4.78, 5) is 22.6. The lowest BCUT2D eigenvalue weighted by Crippen LogP contribution is -2.29. The molecule has 0 saturated carbocycles. The third-order valence-electron chi connectivity index (χ3n) is 3.23. The summed E-state index contributed by atoms with van der Waals surface area (Å²) in [6.45, 7) is 5.36. The molecule has 1 aromatic rings. The van der Waals surface area contributed by atoms with Crippen molar-refractivity contribution in [1.82, 2.24) is 9.97 Å². The Morgan fingerprint density at radius 3 is 2.48 bits per heavy atom. The molecular weight excluding hydrogens is 274 g/mol. The Bertz CT molecular complexity index is 469. The van der Waals surface area contributed by atoms with E-state index in [9.17, 15) is 10.1 Å². The zero-order valence-electron chi connectivity index (χ0n) is 12.8. The van der Waals surface area contributed by atoms with Gasteiger partial charge in [0.05, 0.1) is 11.5 Å². The first-order chi connectivity index (χ1) is 10.1. The SMILES string of the molecule is CCCCN(C)c1ncnc(N(CC)CCO)c1[N+](=O)[O-]. The molecule has 0 aromatic carbocycles. The van der Waals surface area contributed by atoms with Crippen LogP contribution < -0.4 is 9.80 Å². The molecule has 1 aromatic heterocycles. The molecule has 1 heterocycles. The third kappa shape index (κ3) is 4.25. The minimum absolute atomic E-state index is 0.0873. The molecule has 0 saturated heterocycles. The van der Waals surface area contributed by atoms with Gasteiger partial charge in [0.1, 0.15) is 6.33 Å². The molecule has 0 amide bonds. The smallest absolute Gasteiger partial charge is 0.353 e. The summed E-state index contributed by atoms with van der Waals surface area (Å²) < 4.78 is 0. The van der Waals surface area contributed by atoms with E-state index >= 15 is 0 Å².